The number of likely N-dealkylation sites (tertiary alicyclic amines) is 1. The standard InChI is InChI=1S/C21H27N3O3S/c25-15-16-7-5-13-24(16)12-3-1-2-10-19(26)23-21-17(8-4-11-22-21)20(27)18-9-6-14-28-18/h4,6,8-9,11,14,16,25H,1-3,5,7,10,12-13,15H2,(H,22,23,26). The Morgan fingerprint density at radius 2 is 2.14 bits per heavy atom. The van der Waals surface area contributed by atoms with Gasteiger partial charge < -0.3 is 10.4 Å². The maximum absolute atomic E-state index is 12.6. The molecule has 1 amide bonds. The average molecular weight is 402 g/mol. The summed E-state index contributed by atoms with van der Waals surface area (Å²) in [6.07, 6.45) is 7.01. The number of pyridine rings is 1. The summed E-state index contributed by atoms with van der Waals surface area (Å²) in [7, 11) is 0. The third-order valence-electron chi connectivity index (χ3n) is 5.11. The highest BCUT2D eigenvalue weighted by Crippen LogP contribution is 2.21. The van der Waals surface area contributed by atoms with Gasteiger partial charge in [-0.15, -0.1) is 11.3 Å². The molecule has 0 aromatic carbocycles. The zero-order valence-corrected chi connectivity index (χ0v) is 16.8. The van der Waals surface area contributed by atoms with Crippen molar-refractivity contribution in [3.8, 4) is 0 Å². The van der Waals surface area contributed by atoms with Crippen LogP contribution in [0, 0.1) is 0 Å². The third-order valence-corrected chi connectivity index (χ3v) is 5.98. The number of aliphatic hydroxyl groups excluding tert-OH is 1. The first-order valence-electron chi connectivity index (χ1n) is 9.87. The number of carbonyl (C=O) groups excluding carboxylic acids is 2. The Morgan fingerprint density at radius 3 is 2.93 bits per heavy atom. The largest absolute Gasteiger partial charge is 0.395 e. The molecule has 2 aromatic heterocycles. The van der Waals surface area contributed by atoms with Crippen molar-refractivity contribution < 1.29 is 14.7 Å². The van der Waals surface area contributed by atoms with Gasteiger partial charge in [-0.1, -0.05) is 12.5 Å². The van der Waals surface area contributed by atoms with Gasteiger partial charge >= 0.3 is 0 Å². The number of aliphatic hydroxyl groups is 1. The Labute approximate surface area is 169 Å². The van der Waals surface area contributed by atoms with Crippen LogP contribution in [-0.4, -0.2) is 52.4 Å². The maximum atomic E-state index is 12.6. The second-order valence-electron chi connectivity index (χ2n) is 7.08. The van der Waals surface area contributed by atoms with Crippen molar-refractivity contribution in [2.75, 3.05) is 25.0 Å². The van der Waals surface area contributed by atoms with Gasteiger partial charge in [-0.3, -0.25) is 14.5 Å². The summed E-state index contributed by atoms with van der Waals surface area (Å²) in [5, 5.41) is 14.0. The van der Waals surface area contributed by atoms with E-state index in [0.29, 0.717) is 28.7 Å². The van der Waals surface area contributed by atoms with Crippen molar-refractivity contribution in [1.29, 1.82) is 0 Å². The lowest BCUT2D eigenvalue weighted by atomic mass is 10.1. The Hall–Kier alpha value is -2.09. The SMILES string of the molecule is O=C(CCCCCN1CCCC1CO)Nc1ncccc1C(=O)c1cccs1. The van der Waals surface area contributed by atoms with Crippen LogP contribution >= 0.6 is 11.3 Å². The zero-order chi connectivity index (χ0) is 19.8. The minimum absolute atomic E-state index is 0.117. The predicted molar refractivity (Wildman–Crippen MR) is 111 cm³/mol. The first-order valence-corrected chi connectivity index (χ1v) is 10.7. The summed E-state index contributed by atoms with van der Waals surface area (Å²) >= 11 is 1.38. The van der Waals surface area contributed by atoms with E-state index in [1.807, 2.05) is 11.4 Å². The lowest BCUT2D eigenvalue weighted by molar-refractivity contribution is -0.116. The number of ketones is 1. The van der Waals surface area contributed by atoms with E-state index in [4.69, 9.17) is 0 Å². The molecule has 0 saturated carbocycles. The molecular weight excluding hydrogens is 374 g/mol. The lowest BCUT2D eigenvalue weighted by Crippen LogP contribution is -2.32. The van der Waals surface area contributed by atoms with E-state index < -0.39 is 0 Å². The normalized spacial score (nSPS) is 17.0. The fraction of sp³-hybridized carbons (Fsp3) is 0.476. The topological polar surface area (TPSA) is 82.5 Å². The summed E-state index contributed by atoms with van der Waals surface area (Å²) in [4.78, 5) is 32.0. The second kappa shape index (κ2) is 10.5. The highest BCUT2D eigenvalue weighted by Gasteiger charge is 2.22. The summed E-state index contributed by atoms with van der Waals surface area (Å²) in [6.45, 7) is 2.28. The molecule has 28 heavy (non-hydrogen) atoms. The maximum Gasteiger partial charge on any atom is 0.225 e. The predicted octanol–water partition coefficient (Wildman–Crippen LogP) is 3.33. The van der Waals surface area contributed by atoms with E-state index in [9.17, 15) is 14.7 Å². The summed E-state index contributed by atoms with van der Waals surface area (Å²) < 4.78 is 0. The van der Waals surface area contributed by atoms with E-state index >= 15 is 0 Å². The average Bonchev–Trinajstić information content (AvgIpc) is 3.39. The van der Waals surface area contributed by atoms with Gasteiger partial charge in [0.05, 0.1) is 17.0 Å². The number of rotatable bonds is 10. The zero-order valence-electron chi connectivity index (χ0n) is 16.0. The summed E-state index contributed by atoms with van der Waals surface area (Å²) in [6, 6.07) is 7.31. The fourth-order valence-corrected chi connectivity index (χ4v) is 4.27. The first-order chi connectivity index (χ1) is 13.7. The number of carbonyl (C=O) groups is 2. The number of anilines is 1. The third kappa shape index (κ3) is 5.47. The van der Waals surface area contributed by atoms with Crippen molar-refractivity contribution in [2.24, 2.45) is 0 Å². The molecule has 0 radical (unpaired) electrons. The lowest BCUT2D eigenvalue weighted by Gasteiger charge is -2.22. The number of hydrogen-bond donors (Lipinski definition) is 2. The van der Waals surface area contributed by atoms with Gasteiger partial charge in [-0.25, -0.2) is 4.98 Å². The number of aromatic nitrogens is 1. The quantitative estimate of drug-likeness (QED) is 0.471. The molecule has 3 rings (SSSR count). The van der Waals surface area contributed by atoms with E-state index in [0.717, 1.165) is 45.2 Å². The van der Waals surface area contributed by atoms with Gasteiger partial charge in [0.1, 0.15) is 5.82 Å². The van der Waals surface area contributed by atoms with Gasteiger partial charge in [0.15, 0.2) is 0 Å². The van der Waals surface area contributed by atoms with Crippen LogP contribution in [0.5, 0.6) is 0 Å². The number of amides is 1. The van der Waals surface area contributed by atoms with E-state index in [2.05, 4.69) is 15.2 Å². The number of nitrogens with one attached hydrogen (secondary N) is 1. The number of thiophene rings is 1. The minimum atomic E-state index is -0.123. The molecule has 0 spiro atoms. The van der Waals surface area contributed by atoms with Crippen molar-refractivity contribution >= 4 is 28.8 Å². The van der Waals surface area contributed by atoms with Crippen molar-refractivity contribution in [1.82, 2.24) is 9.88 Å². The molecule has 2 N–H and O–H groups in total. The molecule has 150 valence electrons. The Bertz CT molecular complexity index is 779. The van der Waals surface area contributed by atoms with Crippen molar-refractivity contribution in [2.45, 2.75) is 44.6 Å². The molecule has 3 heterocycles. The summed E-state index contributed by atoms with van der Waals surface area (Å²) in [5.74, 6) is 0.0875. The van der Waals surface area contributed by atoms with Crippen molar-refractivity contribution in [3.05, 3.63) is 46.3 Å². The monoisotopic (exact) mass is 401 g/mol. The molecule has 1 aliphatic heterocycles. The van der Waals surface area contributed by atoms with Gasteiger partial charge in [0.25, 0.3) is 0 Å². The molecule has 0 aliphatic carbocycles. The fourth-order valence-electron chi connectivity index (χ4n) is 3.60. The molecule has 1 aliphatic rings. The smallest absolute Gasteiger partial charge is 0.225 e. The molecule has 6 nitrogen and oxygen atoms in total. The molecule has 1 atom stereocenters. The molecule has 0 bridgehead atoms. The molecule has 2 aromatic rings. The Kier molecular flexibility index (Phi) is 7.71. The first kappa shape index (κ1) is 20.6. The number of hydrogen-bond acceptors (Lipinski definition) is 6. The van der Waals surface area contributed by atoms with E-state index in [-0.39, 0.29) is 18.3 Å². The van der Waals surface area contributed by atoms with Crippen LogP contribution in [0.1, 0.15) is 53.8 Å². The van der Waals surface area contributed by atoms with Crippen LogP contribution in [0.4, 0.5) is 5.82 Å². The van der Waals surface area contributed by atoms with Gasteiger partial charge in [0, 0.05) is 18.7 Å². The van der Waals surface area contributed by atoms with Gasteiger partial charge in [0.2, 0.25) is 11.7 Å². The molecule has 7 heteroatoms. The van der Waals surface area contributed by atoms with Gasteiger partial charge in [-0.05, 0) is 62.4 Å². The van der Waals surface area contributed by atoms with Crippen LogP contribution in [0.2, 0.25) is 0 Å². The Morgan fingerprint density at radius 1 is 1.25 bits per heavy atom. The second-order valence-corrected chi connectivity index (χ2v) is 8.03. The molecule has 1 fully saturated rings. The number of unbranched alkanes of at least 4 members (excludes halogenated alkanes) is 2. The van der Waals surface area contributed by atoms with Crippen molar-refractivity contribution in [3.63, 3.8) is 0 Å². The highest BCUT2D eigenvalue weighted by molar-refractivity contribution is 7.12. The van der Waals surface area contributed by atoms with Crippen LogP contribution in [-0.2, 0) is 4.79 Å². The highest BCUT2D eigenvalue weighted by atomic mass is 32.1. The van der Waals surface area contributed by atoms with Crippen LogP contribution in [0.25, 0.3) is 0 Å². The summed E-state index contributed by atoms with van der Waals surface area (Å²) in [5.41, 5.74) is 0.419. The van der Waals surface area contributed by atoms with Crippen LogP contribution in [0.15, 0.2) is 35.8 Å². The van der Waals surface area contributed by atoms with Crippen LogP contribution < -0.4 is 5.32 Å². The van der Waals surface area contributed by atoms with E-state index in [1.54, 1.807) is 24.4 Å². The number of nitrogens with zero attached hydrogens (tertiary/aromatic N) is 2. The molecular formula is C21H27N3O3S. The van der Waals surface area contributed by atoms with Crippen LogP contribution in [0.3, 0.4) is 0 Å². The molecule has 1 saturated heterocycles. The van der Waals surface area contributed by atoms with Gasteiger partial charge in [-0.2, -0.15) is 0 Å². The van der Waals surface area contributed by atoms with E-state index in [1.165, 1.54) is 11.3 Å². The minimum Gasteiger partial charge on any atom is -0.395 e. The molecule has 1 unspecified atom stereocenters. The Balaban J connectivity index is 1.43.